The zero-order valence-corrected chi connectivity index (χ0v) is 9.51. The van der Waals surface area contributed by atoms with Crippen LogP contribution in [0.15, 0.2) is 6.20 Å². The molecule has 0 aliphatic heterocycles. The maximum atomic E-state index is 4.43. The van der Waals surface area contributed by atoms with Gasteiger partial charge in [0.1, 0.15) is 0 Å². The minimum atomic E-state index is 1.01. The van der Waals surface area contributed by atoms with E-state index in [1.54, 1.807) is 0 Å². The van der Waals surface area contributed by atoms with Crippen LogP contribution >= 0.6 is 0 Å². The van der Waals surface area contributed by atoms with Crippen molar-refractivity contribution in [2.45, 2.75) is 46.6 Å². The Morgan fingerprint density at radius 3 is 2.79 bits per heavy atom. The van der Waals surface area contributed by atoms with Gasteiger partial charge in [-0.2, -0.15) is 5.10 Å². The standard InChI is InChI=1S/C11H21N3/c1-4-6-7-12-11-9-14(8-5-2)13-10(11)3/h9,12H,4-8H2,1-3H3. The van der Waals surface area contributed by atoms with Crippen LogP contribution in [-0.2, 0) is 6.54 Å². The summed E-state index contributed by atoms with van der Waals surface area (Å²) >= 11 is 0. The second-order valence-electron chi connectivity index (χ2n) is 3.67. The number of aryl methyl sites for hydroxylation is 2. The predicted octanol–water partition coefficient (Wildman–Crippen LogP) is 2.81. The molecule has 1 rings (SSSR count). The van der Waals surface area contributed by atoms with Crippen molar-refractivity contribution in [2.75, 3.05) is 11.9 Å². The molecular formula is C11H21N3. The highest BCUT2D eigenvalue weighted by atomic mass is 15.3. The van der Waals surface area contributed by atoms with Gasteiger partial charge in [0.25, 0.3) is 0 Å². The quantitative estimate of drug-likeness (QED) is 0.707. The van der Waals surface area contributed by atoms with Crippen molar-refractivity contribution in [1.82, 2.24) is 9.78 Å². The molecule has 0 spiro atoms. The maximum Gasteiger partial charge on any atom is 0.0825 e. The average molecular weight is 195 g/mol. The third kappa shape index (κ3) is 3.05. The van der Waals surface area contributed by atoms with E-state index in [9.17, 15) is 0 Å². The highest BCUT2D eigenvalue weighted by molar-refractivity contribution is 5.45. The Morgan fingerprint density at radius 1 is 1.36 bits per heavy atom. The Balaban J connectivity index is 2.49. The van der Waals surface area contributed by atoms with Gasteiger partial charge in [-0.3, -0.25) is 4.68 Å². The number of hydrogen-bond donors (Lipinski definition) is 1. The molecule has 0 atom stereocenters. The van der Waals surface area contributed by atoms with Gasteiger partial charge in [-0.25, -0.2) is 0 Å². The summed E-state index contributed by atoms with van der Waals surface area (Å²) in [6.45, 7) is 8.49. The lowest BCUT2D eigenvalue weighted by molar-refractivity contribution is 0.598. The van der Waals surface area contributed by atoms with E-state index in [4.69, 9.17) is 0 Å². The summed E-state index contributed by atoms with van der Waals surface area (Å²) < 4.78 is 2.02. The first-order valence-corrected chi connectivity index (χ1v) is 5.55. The molecule has 0 amide bonds. The molecule has 0 radical (unpaired) electrons. The van der Waals surface area contributed by atoms with E-state index in [2.05, 4.69) is 37.4 Å². The normalized spacial score (nSPS) is 10.5. The smallest absolute Gasteiger partial charge is 0.0825 e. The second kappa shape index (κ2) is 5.68. The monoisotopic (exact) mass is 195 g/mol. The SMILES string of the molecule is CCCCNc1cn(CCC)nc1C. The molecule has 0 aromatic carbocycles. The molecule has 1 N–H and O–H groups in total. The first-order valence-electron chi connectivity index (χ1n) is 5.55. The fourth-order valence-electron chi connectivity index (χ4n) is 1.43. The third-order valence-electron chi connectivity index (χ3n) is 2.24. The second-order valence-corrected chi connectivity index (χ2v) is 3.67. The molecule has 14 heavy (non-hydrogen) atoms. The van der Waals surface area contributed by atoms with Crippen molar-refractivity contribution in [2.24, 2.45) is 0 Å². The lowest BCUT2D eigenvalue weighted by Gasteiger charge is -2.01. The highest BCUT2D eigenvalue weighted by Gasteiger charge is 2.02. The van der Waals surface area contributed by atoms with Crippen LogP contribution in [0.2, 0.25) is 0 Å². The first kappa shape index (κ1) is 11.1. The Morgan fingerprint density at radius 2 is 2.14 bits per heavy atom. The van der Waals surface area contributed by atoms with Crippen LogP contribution in [0.5, 0.6) is 0 Å². The van der Waals surface area contributed by atoms with Crippen LogP contribution in [0, 0.1) is 6.92 Å². The van der Waals surface area contributed by atoms with Gasteiger partial charge in [-0.15, -0.1) is 0 Å². The summed E-state index contributed by atoms with van der Waals surface area (Å²) in [5.74, 6) is 0. The number of hydrogen-bond acceptors (Lipinski definition) is 2. The van der Waals surface area contributed by atoms with E-state index in [0.717, 1.165) is 25.2 Å². The molecule has 1 aromatic heterocycles. The van der Waals surface area contributed by atoms with Crippen molar-refractivity contribution in [3.8, 4) is 0 Å². The van der Waals surface area contributed by atoms with Crippen LogP contribution in [0.1, 0.15) is 38.8 Å². The van der Waals surface area contributed by atoms with Gasteiger partial charge in [0, 0.05) is 19.3 Å². The average Bonchev–Trinajstić information content (AvgIpc) is 2.48. The van der Waals surface area contributed by atoms with Gasteiger partial charge in [0.15, 0.2) is 0 Å². The first-order chi connectivity index (χ1) is 6.77. The zero-order chi connectivity index (χ0) is 10.4. The van der Waals surface area contributed by atoms with E-state index in [-0.39, 0.29) is 0 Å². The summed E-state index contributed by atoms with van der Waals surface area (Å²) in [4.78, 5) is 0. The summed E-state index contributed by atoms with van der Waals surface area (Å²) in [6.07, 6.45) is 5.69. The van der Waals surface area contributed by atoms with E-state index < -0.39 is 0 Å². The minimum absolute atomic E-state index is 1.01. The molecule has 0 aliphatic carbocycles. The van der Waals surface area contributed by atoms with Crippen molar-refractivity contribution in [3.05, 3.63) is 11.9 Å². The lowest BCUT2D eigenvalue weighted by atomic mass is 10.3. The van der Waals surface area contributed by atoms with Crippen molar-refractivity contribution in [3.63, 3.8) is 0 Å². The molecule has 0 bridgehead atoms. The van der Waals surface area contributed by atoms with Crippen LogP contribution in [0.4, 0.5) is 5.69 Å². The number of rotatable bonds is 6. The fraction of sp³-hybridized carbons (Fsp3) is 0.727. The van der Waals surface area contributed by atoms with E-state index in [0.29, 0.717) is 0 Å². The van der Waals surface area contributed by atoms with Gasteiger partial charge in [0.05, 0.1) is 11.4 Å². The summed E-state index contributed by atoms with van der Waals surface area (Å²) in [7, 11) is 0. The molecule has 0 unspecified atom stereocenters. The molecule has 1 aromatic rings. The zero-order valence-electron chi connectivity index (χ0n) is 9.51. The van der Waals surface area contributed by atoms with Gasteiger partial charge in [-0.1, -0.05) is 20.3 Å². The Labute approximate surface area is 86.5 Å². The lowest BCUT2D eigenvalue weighted by Crippen LogP contribution is -2.00. The van der Waals surface area contributed by atoms with Crippen LogP contribution in [0.3, 0.4) is 0 Å². The van der Waals surface area contributed by atoms with Crippen LogP contribution in [-0.4, -0.2) is 16.3 Å². The highest BCUT2D eigenvalue weighted by Crippen LogP contribution is 2.12. The molecule has 80 valence electrons. The predicted molar refractivity (Wildman–Crippen MR) is 60.7 cm³/mol. The molecule has 0 saturated heterocycles. The van der Waals surface area contributed by atoms with Gasteiger partial charge >= 0.3 is 0 Å². The molecule has 3 nitrogen and oxygen atoms in total. The summed E-state index contributed by atoms with van der Waals surface area (Å²) in [5.41, 5.74) is 2.29. The van der Waals surface area contributed by atoms with E-state index >= 15 is 0 Å². The van der Waals surface area contributed by atoms with Gasteiger partial charge in [-0.05, 0) is 19.8 Å². The van der Waals surface area contributed by atoms with Crippen LogP contribution in [0.25, 0.3) is 0 Å². The molecule has 0 aliphatic rings. The van der Waals surface area contributed by atoms with Crippen molar-refractivity contribution in [1.29, 1.82) is 0 Å². The Hall–Kier alpha value is -0.990. The largest absolute Gasteiger partial charge is 0.382 e. The number of unbranched alkanes of at least 4 members (excludes halogenated alkanes) is 1. The molecule has 1 heterocycles. The van der Waals surface area contributed by atoms with Gasteiger partial charge < -0.3 is 5.32 Å². The number of nitrogens with zero attached hydrogens (tertiary/aromatic N) is 2. The fourth-order valence-corrected chi connectivity index (χ4v) is 1.43. The third-order valence-corrected chi connectivity index (χ3v) is 2.24. The maximum absolute atomic E-state index is 4.43. The number of aromatic nitrogens is 2. The molecular weight excluding hydrogens is 174 g/mol. The Kier molecular flexibility index (Phi) is 4.50. The number of anilines is 1. The van der Waals surface area contributed by atoms with E-state index in [1.165, 1.54) is 18.5 Å². The molecule has 3 heteroatoms. The number of nitrogens with one attached hydrogen (secondary N) is 1. The topological polar surface area (TPSA) is 29.9 Å². The minimum Gasteiger partial charge on any atom is -0.382 e. The Bertz CT molecular complexity index is 265. The van der Waals surface area contributed by atoms with Gasteiger partial charge in [0.2, 0.25) is 0 Å². The molecule has 0 fully saturated rings. The van der Waals surface area contributed by atoms with Crippen molar-refractivity contribution < 1.29 is 0 Å². The summed E-state index contributed by atoms with van der Waals surface area (Å²) in [6, 6.07) is 0. The van der Waals surface area contributed by atoms with E-state index in [1.807, 2.05) is 4.68 Å². The van der Waals surface area contributed by atoms with Crippen molar-refractivity contribution >= 4 is 5.69 Å². The molecule has 0 saturated carbocycles. The van der Waals surface area contributed by atoms with Crippen LogP contribution < -0.4 is 5.32 Å². The summed E-state index contributed by atoms with van der Waals surface area (Å²) in [5, 5.41) is 7.84.